The highest BCUT2D eigenvalue weighted by Crippen LogP contribution is 2.35. The number of esters is 1. The van der Waals surface area contributed by atoms with Crippen LogP contribution >= 0.6 is 0 Å². The molecule has 0 saturated heterocycles. The van der Waals surface area contributed by atoms with Gasteiger partial charge < -0.3 is 10.5 Å². The fourth-order valence-electron chi connectivity index (χ4n) is 3.46. The van der Waals surface area contributed by atoms with E-state index >= 15 is 0 Å². The van der Waals surface area contributed by atoms with Crippen molar-refractivity contribution in [1.82, 2.24) is 0 Å². The summed E-state index contributed by atoms with van der Waals surface area (Å²) < 4.78 is 18.4. The maximum atomic E-state index is 13.6. The third-order valence-corrected chi connectivity index (χ3v) is 4.86. The number of hydrogen-bond acceptors (Lipinski definition) is 4. The second-order valence-corrected chi connectivity index (χ2v) is 6.34. The molecule has 2 N–H and O–H groups in total. The summed E-state index contributed by atoms with van der Waals surface area (Å²) in [7, 11) is 1.35. The monoisotopic (exact) mass is 341 g/mol. The first-order valence-electron chi connectivity index (χ1n) is 8.28. The number of ether oxygens (including phenoxy) is 1. The lowest BCUT2D eigenvalue weighted by Crippen LogP contribution is -2.26. The molecule has 0 bridgehead atoms. The highest BCUT2D eigenvalue weighted by atomic mass is 19.1. The van der Waals surface area contributed by atoms with Gasteiger partial charge in [-0.15, -0.1) is 0 Å². The van der Waals surface area contributed by atoms with Gasteiger partial charge in [-0.2, -0.15) is 0 Å². The van der Waals surface area contributed by atoms with Gasteiger partial charge >= 0.3 is 5.97 Å². The van der Waals surface area contributed by atoms with Crippen molar-refractivity contribution in [1.29, 1.82) is 0 Å². The SMILES string of the molecule is COC(=O)C1CCCC1C(=O)c1ccc(-c2ccc(N)c(F)c2)cc1. The van der Waals surface area contributed by atoms with E-state index in [1.807, 2.05) is 0 Å². The number of methoxy groups -OCH3 is 1. The van der Waals surface area contributed by atoms with Crippen molar-refractivity contribution in [2.24, 2.45) is 11.8 Å². The number of nitrogens with two attached hydrogens (primary N) is 1. The van der Waals surface area contributed by atoms with E-state index in [0.717, 1.165) is 12.0 Å². The Morgan fingerprint density at radius 3 is 2.32 bits per heavy atom. The number of nitrogen functional groups attached to an aromatic ring is 1. The molecule has 1 aliphatic rings. The minimum atomic E-state index is -0.468. The first kappa shape index (κ1) is 17.1. The lowest BCUT2D eigenvalue weighted by molar-refractivity contribution is -0.146. The summed E-state index contributed by atoms with van der Waals surface area (Å²) in [6, 6.07) is 11.6. The number of halogens is 1. The third-order valence-electron chi connectivity index (χ3n) is 4.86. The summed E-state index contributed by atoms with van der Waals surface area (Å²) in [6.45, 7) is 0. The lowest BCUT2D eigenvalue weighted by Gasteiger charge is -2.16. The van der Waals surface area contributed by atoms with E-state index in [4.69, 9.17) is 10.5 Å². The van der Waals surface area contributed by atoms with Crippen LogP contribution in [0.5, 0.6) is 0 Å². The maximum absolute atomic E-state index is 13.6. The quantitative estimate of drug-likeness (QED) is 0.521. The molecule has 3 rings (SSSR count). The van der Waals surface area contributed by atoms with Crippen molar-refractivity contribution < 1.29 is 18.7 Å². The van der Waals surface area contributed by atoms with Crippen molar-refractivity contribution >= 4 is 17.4 Å². The lowest BCUT2D eigenvalue weighted by atomic mass is 9.88. The molecule has 0 amide bonds. The van der Waals surface area contributed by atoms with Crippen LogP contribution in [0.1, 0.15) is 29.6 Å². The fraction of sp³-hybridized carbons (Fsp3) is 0.300. The minimum Gasteiger partial charge on any atom is -0.469 e. The van der Waals surface area contributed by atoms with Crippen LogP contribution in [0.3, 0.4) is 0 Å². The van der Waals surface area contributed by atoms with Gasteiger partial charge in [0.05, 0.1) is 18.7 Å². The Morgan fingerprint density at radius 2 is 1.68 bits per heavy atom. The zero-order chi connectivity index (χ0) is 18.0. The van der Waals surface area contributed by atoms with Crippen LogP contribution < -0.4 is 5.73 Å². The Balaban J connectivity index is 1.81. The van der Waals surface area contributed by atoms with E-state index in [1.165, 1.54) is 19.2 Å². The molecule has 0 aliphatic heterocycles. The fourth-order valence-corrected chi connectivity index (χ4v) is 3.46. The highest BCUT2D eigenvalue weighted by molar-refractivity contribution is 6.00. The first-order chi connectivity index (χ1) is 12.0. The molecule has 1 saturated carbocycles. The molecule has 1 fully saturated rings. The second kappa shape index (κ2) is 7.05. The number of Topliss-reactive ketones (excluding diaryl/α,β-unsaturated/α-hetero) is 1. The Hall–Kier alpha value is -2.69. The van der Waals surface area contributed by atoms with Crippen LogP contribution in [0.15, 0.2) is 42.5 Å². The Kier molecular flexibility index (Phi) is 4.83. The Bertz CT molecular complexity index is 801. The number of carbonyl (C=O) groups is 2. The van der Waals surface area contributed by atoms with Crippen LogP contribution in [-0.2, 0) is 9.53 Å². The molecule has 0 aromatic heterocycles. The van der Waals surface area contributed by atoms with Crippen LogP contribution in [0, 0.1) is 17.7 Å². The zero-order valence-electron chi connectivity index (χ0n) is 14.0. The zero-order valence-corrected chi connectivity index (χ0v) is 14.0. The number of benzene rings is 2. The van der Waals surface area contributed by atoms with Gasteiger partial charge in [0.1, 0.15) is 5.82 Å². The van der Waals surface area contributed by atoms with Gasteiger partial charge in [-0.3, -0.25) is 9.59 Å². The molecular weight excluding hydrogens is 321 g/mol. The molecule has 25 heavy (non-hydrogen) atoms. The Labute approximate surface area is 145 Å². The van der Waals surface area contributed by atoms with Crippen molar-refractivity contribution in [3.8, 4) is 11.1 Å². The maximum Gasteiger partial charge on any atom is 0.309 e. The summed E-state index contributed by atoms with van der Waals surface area (Å²) in [5.41, 5.74) is 7.64. The van der Waals surface area contributed by atoms with Crippen molar-refractivity contribution in [3.63, 3.8) is 0 Å². The summed E-state index contributed by atoms with van der Waals surface area (Å²) >= 11 is 0. The average molecular weight is 341 g/mol. The van der Waals surface area contributed by atoms with Gasteiger partial charge in [0.15, 0.2) is 5.78 Å². The third kappa shape index (κ3) is 3.40. The van der Waals surface area contributed by atoms with Crippen LogP contribution in [0.2, 0.25) is 0 Å². The number of rotatable bonds is 4. The van der Waals surface area contributed by atoms with Gasteiger partial charge in [0.25, 0.3) is 0 Å². The normalized spacial score (nSPS) is 19.6. The molecule has 130 valence electrons. The molecular formula is C20H20FNO3. The van der Waals surface area contributed by atoms with Gasteiger partial charge in [-0.05, 0) is 36.1 Å². The molecule has 2 aromatic rings. The van der Waals surface area contributed by atoms with Crippen LogP contribution in [0.25, 0.3) is 11.1 Å². The highest BCUT2D eigenvalue weighted by Gasteiger charge is 2.38. The summed E-state index contributed by atoms with van der Waals surface area (Å²) in [4.78, 5) is 24.6. The van der Waals surface area contributed by atoms with E-state index in [1.54, 1.807) is 30.3 Å². The van der Waals surface area contributed by atoms with E-state index in [2.05, 4.69) is 0 Å². The Morgan fingerprint density at radius 1 is 1.04 bits per heavy atom. The second-order valence-electron chi connectivity index (χ2n) is 6.34. The molecule has 2 atom stereocenters. The smallest absolute Gasteiger partial charge is 0.309 e. The summed E-state index contributed by atoms with van der Waals surface area (Å²) in [5, 5.41) is 0. The summed E-state index contributed by atoms with van der Waals surface area (Å²) in [6.07, 6.45) is 2.23. The standard InChI is InChI=1S/C20H20FNO3/c1-25-20(24)16-4-2-3-15(16)19(23)13-7-5-12(6-8-13)14-9-10-18(22)17(21)11-14/h5-11,15-16H,2-4,22H2,1H3. The van der Waals surface area contributed by atoms with E-state index in [9.17, 15) is 14.0 Å². The summed E-state index contributed by atoms with van der Waals surface area (Å²) in [5.74, 6) is -1.51. The first-order valence-corrected chi connectivity index (χ1v) is 8.28. The molecule has 0 spiro atoms. The minimum absolute atomic E-state index is 0.0389. The number of ketones is 1. The van der Waals surface area contributed by atoms with Crippen LogP contribution in [0.4, 0.5) is 10.1 Å². The molecule has 5 heteroatoms. The van der Waals surface area contributed by atoms with E-state index in [0.29, 0.717) is 24.0 Å². The van der Waals surface area contributed by atoms with Crippen molar-refractivity contribution in [2.75, 3.05) is 12.8 Å². The molecule has 2 unspecified atom stereocenters. The van der Waals surface area contributed by atoms with Gasteiger partial charge in [-0.1, -0.05) is 36.8 Å². The van der Waals surface area contributed by atoms with E-state index < -0.39 is 5.82 Å². The van der Waals surface area contributed by atoms with Gasteiger partial charge in [0.2, 0.25) is 0 Å². The topological polar surface area (TPSA) is 69.4 Å². The van der Waals surface area contributed by atoms with Crippen LogP contribution in [-0.4, -0.2) is 18.9 Å². The molecule has 4 nitrogen and oxygen atoms in total. The largest absolute Gasteiger partial charge is 0.469 e. The molecule has 0 radical (unpaired) electrons. The number of hydrogen-bond donors (Lipinski definition) is 1. The average Bonchev–Trinajstić information content (AvgIpc) is 3.12. The molecule has 2 aromatic carbocycles. The number of anilines is 1. The predicted octanol–water partition coefficient (Wildman–Crippen LogP) is 3.85. The van der Waals surface area contributed by atoms with Gasteiger partial charge in [-0.25, -0.2) is 4.39 Å². The van der Waals surface area contributed by atoms with E-state index in [-0.39, 0.29) is 29.3 Å². The van der Waals surface area contributed by atoms with Gasteiger partial charge in [0, 0.05) is 11.5 Å². The molecule has 0 heterocycles. The predicted molar refractivity (Wildman–Crippen MR) is 93.4 cm³/mol. The number of carbonyl (C=O) groups excluding carboxylic acids is 2. The van der Waals surface area contributed by atoms with Crippen molar-refractivity contribution in [3.05, 3.63) is 53.8 Å². The van der Waals surface area contributed by atoms with Crippen molar-refractivity contribution in [2.45, 2.75) is 19.3 Å². The molecule has 1 aliphatic carbocycles.